The Balaban J connectivity index is 1.05. The van der Waals surface area contributed by atoms with Gasteiger partial charge in [-0.2, -0.15) is 10.2 Å². The van der Waals surface area contributed by atoms with Crippen LogP contribution in [-0.2, 0) is 22.7 Å². The van der Waals surface area contributed by atoms with Crippen molar-refractivity contribution in [3.05, 3.63) is 77.5 Å². The molecule has 236 valence electrons. The number of hydrogen-bond donors (Lipinski definition) is 2. The molecular weight excluding hydrogens is 583 g/mol. The fourth-order valence-corrected chi connectivity index (χ4v) is 8.06. The summed E-state index contributed by atoms with van der Waals surface area (Å²) < 4.78 is 48.1. The van der Waals surface area contributed by atoms with Crippen molar-refractivity contribution >= 4 is 17.7 Å². The van der Waals surface area contributed by atoms with Gasteiger partial charge >= 0.3 is 12.3 Å². The van der Waals surface area contributed by atoms with E-state index in [1.165, 1.54) is 43.7 Å². The Morgan fingerprint density at radius 2 is 1.76 bits per heavy atom. The average molecular weight is 620 g/mol. The molecule has 0 amide bonds. The van der Waals surface area contributed by atoms with Crippen molar-refractivity contribution in [1.29, 1.82) is 5.26 Å². The standard InChI is InChI=1S/C34H36F3N5O3/c35-34(36,37)45-29-9-5-4-8-24(29)18-40-32-41-19-27(17-38)31(42-32)39-20-28-25-12-23-13-26(28)16-33(14-23,15-25)11-10-30(43)44-21-22-6-2-1-3-7-22/h1-9,19,23,25-26,28H,10-16,18,20-21H2,(H2,39,40,41,42)/t23?,25-,26+,28?,33?. The van der Waals surface area contributed by atoms with E-state index in [2.05, 4.69) is 31.4 Å². The maximum Gasteiger partial charge on any atom is 0.573 e. The van der Waals surface area contributed by atoms with Crippen LogP contribution in [0.3, 0.4) is 0 Å². The van der Waals surface area contributed by atoms with Gasteiger partial charge in [-0.05, 0) is 79.2 Å². The lowest BCUT2D eigenvalue weighted by atomic mass is 9.45. The van der Waals surface area contributed by atoms with Crippen molar-refractivity contribution in [2.45, 2.75) is 64.5 Å². The van der Waals surface area contributed by atoms with Crippen molar-refractivity contribution in [2.24, 2.45) is 29.1 Å². The summed E-state index contributed by atoms with van der Waals surface area (Å²) in [6.45, 7) is 0.983. The van der Waals surface area contributed by atoms with Gasteiger partial charge < -0.3 is 20.1 Å². The highest BCUT2D eigenvalue weighted by Crippen LogP contribution is 2.63. The predicted octanol–water partition coefficient (Wildman–Crippen LogP) is 7.24. The molecular formula is C34H36F3N5O3. The highest BCUT2D eigenvalue weighted by molar-refractivity contribution is 5.69. The van der Waals surface area contributed by atoms with E-state index in [1.54, 1.807) is 6.07 Å². The second-order valence-corrected chi connectivity index (χ2v) is 12.7. The number of rotatable bonds is 12. The number of nitriles is 1. The van der Waals surface area contributed by atoms with E-state index in [4.69, 9.17) is 4.74 Å². The number of anilines is 2. The Morgan fingerprint density at radius 3 is 2.49 bits per heavy atom. The summed E-state index contributed by atoms with van der Waals surface area (Å²) in [5.41, 5.74) is 1.78. The molecule has 2 aromatic carbocycles. The minimum absolute atomic E-state index is 0.00758. The minimum Gasteiger partial charge on any atom is -0.461 e. The number of carbonyl (C=O) groups is 1. The van der Waals surface area contributed by atoms with Crippen LogP contribution in [0.25, 0.3) is 0 Å². The number of carbonyl (C=O) groups excluding carboxylic acids is 1. The number of esters is 1. The quantitative estimate of drug-likeness (QED) is 0.204. The summed E-state index contributed by atoms with van der Waals surface area (Å²) in [7, 11) is 0. The third-order valence-electron chi connectivity index (χ3n) is 9.75. The van der Waals surface area contributed by atoms with E-state index in [1.807, 2.05) is 30.3 Å². The van der Waals surface area contributed by atoms with Crippen LogP contribution in [0.2, 0.25) is 0 Å². The van der Waals surface area contributed by atoms with Crippen LogP contribution in [0.1, 0.15) is 61.6 Å². The van der Waals surface area contributed by atoms with Gasteiger partial charge in [-0.1, -0.05) is 48.5 Å². The molecule has 2 N–H and O–H groups in total. The minimum atomic E-state index is -4.80. The number of nitrogens with one attached hydrogen (secondary N) is 2. The van der Waals surface area contributed by atoms with Gasteiger partial charge in [-0.15, -0.1) is 13.2 Å². The topological polar surface area (TPSA) is 109 Å². The predicted molar refractivity (Wildman–Crippen MR) is 161 cm³/mol. The Labute approximate surface area is 260 Å². The largest absolute Gasteiger partial charge is 0.573 e. The lowest BCUT2D eigenvalue weighted by Crippen LogP contribution is -2.52. The molecule has 0 spiro atoms. The summed E-state index contributed by atoms with van der Waals surface area (Å²) >= 11 is 0. The van der Waals surface area contributed by atoms with Gasteiger partial charge in [0, 0.05) is 25.1 Å². The Morgan fingerprint density at radius 1 is 1.02 bits per heavy atom. The molecule has 0 saturated heterocycles. The maximum absolute atomic E-state index is 12.8. The van der Waals surface area contributed by atoms with E-state index in [-0.39, 0.29) is 29.6 Å². The molecule has 0 radical (unpaired) electrons. The molecule has 1 aromatic heterocycles. The van der Waals surface area contributed by atoms with Crippen molar-refractivity contribution in [3.63, 3.8) is 0 Å². The van der Waals surface area contributed by atoms with Crippen molar-refractivity contribution < 1.29 is 27.4 Å². The molecule has 0 aliphatic heterocycles. The number of aromatic nitrogens is 2. The molecule has 1 heterocycles. The van der Waals surface area contributed by atoms with E-state index in [0.29, 0.717) is 60.2 Å². The molecule has 7 rings (SSSR count). The Kier molecular flexibility index (Phi) is 8.83. The molecule has 4 bridgehead atoms. The van der Waals surface area contributed by atoms with Gasteiger partial charge in [0.1, 0.15) is 29.8 Å². The highest BCUT2D eigenvalue weighted by Gasteiger charge is 2.54. The average Bonchev–Trinajstić information content (AvgIpc) is 3.01. The first-order valence-corrected chi connectivity index (χ1v) is 15.5. The first kappa shape index (κ1) is 30.7. The summed E-state index contributed by atoms with van der Waals surface area (Å²) in [5, 5.41) is 16.1. The van der Waals surface area contributed by atoms with E-state index in [9.17, 15) is 23.2 Å². The van der Waals surface area contributed by atoms with Gasteiger partial charge in [0.15, 0.2) is 0 Å². The normalized spacial score (nSPS) is 24.9. The number of ether oxygens (including phenoxy) is 2. The SMILES string of the molecule is N#Cc1cnc(NCc2ccccc2OC(F)(F)F)nc1NCC1[C@@H]2CC3C[C@H]1CC(CCC(=O)OCc1ccccc1)(C3)C2. The second-order valence-electron chi connectivity index (χ2n) is 12.7. The molecule has 4 aliphatic carbocycles. The molecule has 8 nitrogen and oxygen atoms in total. The molecule has 4 saturated carbocycles. The highest BCUT2D eigenvalue weighted by atomic mass is 19.4. The van der Waals surface area contributed by atoms with Crippen LogP contribution in [0.4, 0.5) is 24.9 Å². The number of para-hydroxylation sites is 1. The maximum atomic E-state index is 12.8. The number of nitrogens with zero attached hydrogens (tertiary/aromatic N) is 3. The summed E-state index contributed by atoms with van der Waals surface area (Å²) in [6.07, 6.45) is 3.66. The van der Waals surface area contributed by atoms with Crippen LogP contribution in [0.5, 0.6) is 5.75 Å². The zero-order valence-corrected chi connectivity index (χ0v) is 24.9. The fraction of sp³-hybridized carbons (Fsp3) is 0.471. The van der Waals surface area contributed by atoms with E-state index in [0.717, 1.165) is 24.8 Å². The second kappa shape index (κ2) is 13.0. The van der Waals surface area contributed by atoms with Gasteiger partial charge in [0.2, 0.25) is 5.95 Å². The Hall–Kier alpha value is -4.33. The van der Waals surface area contributed by atoms with Crippen molar-refractivity contribution in [2.75, 3.05) is 17.2 Å². The van der Waals surface area contributed by atoms with Crippen molar-refractivity contribution in [1.82, 2.24) is 9.97 Å². The number of alkyl halides is 3. The molecule has 3 aromatic rings. The zero-order chi connectivity index (χ0) is 31.4. The van der Waals surface area contributed by atoms with Crippen LogP contribution >= 0.6 is 0 Å². The molecule has 5 atom stereocenters. The molecule has 3 unspecified atom stereocenters. The smallest absolute Gasteiger partial charge is 0.461 e. The summed E-state index contributed by atoms with van der Waals surface area (Å²) in [5.74, 6) is 2.37. The summed E-state index contributed by atoms with van der Waals surface area (Å²) in [6, 6.07) is 17.7. The van der Waals surface area contributed by atoms with Crippen LogP contribution in [-0.4, -0.2) is 28.8 Å². The van der Waals surface area contributed by atoms with E-state index >= 15 is 0 Å². The van der Waals surface area contributed by atoms with Gasteiger partial charge in [0.25, 0.3) is 0 Å². The van der Waals surface area contributed by atoms with Gasteiger partial charge in [-0.3, -0.25) is 4.79 Å². The monoisotopic (exact) mass is 619 g/mol. The number of hydrogen-bond acceptors (Lipinski definition) is 8. The first-order chi connectivity index (χ1) is 21.7. The lowest BCUT2D eigenvalue weighted by molar-refractivity contribution is -0.274. The van der Waals surface area contributed by atoms with Crippen molar-refractivity contribution in [3.8, 4) is 11.8 Å². The number of halogens is 3. The van der Waals surface area contributed by atoms with Gasteiger partial charge in [-0.25, -0.2) is 4.98 Å². The third-order valence-corrected chi connectivity index (χ3v) is 9.75. The fourth-order valence-electron chi connectivity index (χ4n) is 8.06. The first-order valence-electron chi connectivity index (χ1n) is 15.5. The molecule has 11 heteroatoms. The van der Waals surface area contributed by atoms with Crippen LogP contribution < -0.4 is 15.4 Å². The van der Waals surface area contributed by atoms with E-state index < -0.39 is 6.36 Å². The Bertz CT molecular complexity index is 1530. The molecule has 45 heavy (non-hydrogen) atoms. The molecule has 4 aliphatic rings. The molecule has 4 fully saturated rings. The van der Waals surface area contributed by atoms with Crippen LogP contribution in [0, 0.1) is 40.4 Å². The lowest BCUT2D eigenvalue weighted by Gasteiger charge is -2.60. The van der Waals surface area contributed by atoms with Gasteiger partial charge in [0.05, 0.1) is 6.20 Å². The number of benzene rings is 2. The zero-order valence-electron chi connectivity index (χ0n) is 24.9. The van der Waals surface area contributed by atoms with Crippen LogP contribution in [0.15, 0.2) is 60.8 Å². The summed E-state index contributed by atoms with van der Waals surface area (Å²) in [4.78, 5) is 21.3. The third kappa shape index (κ3) is 7.49.